The van der Waals surface area contributed by atoms with Crippen LogP contribution >= 0.6 is 23.2 Å². The molecule has 0 atom stereocenters. The maximum absolute atomic E-state index is 11.7. The molecule has 1 amide bonds. The van der Waals surface area contributed by atoms with Crippen LogP contribution in [0.25, 0.3) is 0 Å². The van der Waals surface area contributed by atoms with Gasteiger partial charge in [-0.15, -0.1) is 0 Å². The van der Waals surface area contributed by atoms with Gasteiger partial charge >= 0.3 is 0 Å². The molecule has 3 nitrogen and oxygen atoms in total. The van der Waals surface area contributed by atoms with Crippen LogP contribution < -0.4 is 10.6 Å². The van der Waals surface area contributed by atoms with Crippen molar-refractivity contribution in [1.29, 1.82) is 0 Å². The first-order valence-corrected chi connectivity index (χ1v) is 6.45. The predicted octanol–water partition coefficient (Wildman–Crippen LogP) is 4.04. The second-order valence-corrected chi connectivity index (χ2v) is 4.65. The van der Waals surface area contributed by atoms with Crippen LogP contribution in [-0.4, -0.2) is 12.5 Å². The molecule has 2 rings (SSSR count). The Morgan fingerprint density at radius 2 is 1.74 bits per heavy atom. The van der Waals surface area contributed by atoms with Crippen LogP contribution in [0.4, 0.5) is 11.4 Å². The average Bonchev–Trinajstić information content (AvgIpc) is 2.42. The lowest BCUT2D eigenvalue weighted by molar-refractivity contribution is -0.114. The molecule has 0 saturated heterocycles. The van der Waals surface area contributed by atoms with Crippen molar-refractivity contribution in [3.63, 3.8) is 0 Å². The van der Waals surface area contributed by atoms with Crippen LogP contribution in [0.1, 0.15) is 0 Å². The number of benzene rings is 2. The van der Waals surface area contributed by atoms with Crippen molar-refractivity contribution >= 4 is 40.5 Å². The van der Waals surface area contributed by atoms with E-state index in [1.807, 2.05) is 30.3 Å². The van der Waals surface area contributed by atoms with Crippen LogP contribution in [-0.2, 0) is 4.79 Å². The summed E-state index contributed by atoms with van der Waals surface area (Å²) in [5.74, 6) is -0.151. The van der Waals surface area contributed by atoms with Crippen molar-refractivity contribution in [2.45, 2.75) is 0 Å². The van der Waals surface area contributed by atoms with Gasteiger partial charge in [0.1, 0.15) is 0 Å². The van der Waals surface area contributed by atoms with E-state index in [2.05, 4.69) is 10.6 Å². The maximum atomic E-state index is 11.7. The van der Waals surface area contributed by atoms with E-state index in [0.717, 1.165) is 5.69 Å². The van der Waals surface area contributed by atoms with Gasteiger partial charge in [-0.2, -0.15) is 0 Å². The number of amides is 1. The van der Waals surface area contributed by atoms with E-state index in [1.165, 1.54) is 0 Å². The summed E-state index contributed by atoms with van der Waals surface area (Å²) in [7, 11) is 0. The van der Waals surface area contributed by atoms with Gasteiger partial charge in [-0.1, -0.05) is 47.5 Å². The molecule has 0 saturated carbocycles. The van der Waals surface area contributed by atoms with Crippen LogP contribution in [0.2, 0.25) is 10.0 Å². The van der Waals surface area contributed by atoms with E-state index >= 15 is 0 Å². The zero-order chi connectivity index (χ0) is 13.7. The largest absolute Gasteiger partial charge is 0.375 e. The van der Waals surface area contributed by atoms with Gasteiger partial charge in [-0.05, 0) is 24.3 Å². The van der Waals surface area contributed by atoms with Gasteiger partial charge in [0.25, 0.3) is 0 Å². The molecular formula is C14H12Cl2N2O. The number of anilines is 2. The summed E-state index contributed by atoms with van der Waals surface area (Å²) in [5.41, 5.74) is 1.39. The molecule has 2 N–H and O–H groups in total. The zero-order valence-corrected chi connectivity index (χ0v) is 11.5. The van der Waals surface area contributed by atoms with Crippen LogP contribution in [0.5, 0.6) is 0 Å². The molecule has 0 aromatic heterocycles. The molecule has 5 heteroatoms. The molecule has 0 aliphatic heterocycles. The average molecular weight is 295 g/mol. The van der Waals surface area contributed by atoms with E-state index in [9.17, 15) is 4.79 Å². The highest BCUT2D eigenvalue weighted by molar-refractivity contribution is 6.43. The first kappa shape index (κ1) is 13.7. The third kappa shape index (κ3) is 3.88. The molecular weight excluding hydrogens is 283 g/mol. The summed E-state index contributed by atoms with van der Waals surface area (Å²) >= 11 is 11.9. The van der Waals surface area contributed by atoms with Crippen molar-refractivity contribution < 1.29 is 4.79 Å². The Morgan fingerprint density at radius 1 is 1.00 bits per heavy atom. The first-order valence-electron chi connectivity index (χ1n) is 5.69. The molecule has 2 aromatic carbocycles. The second-order valence-electron chi connectivity index (χ2n) is 3.87. The molecule has 0 aliphatic carbocycles. The summed E-state index contributed by atoms with van der Waals surface area (Å²) in [6.07, 6.45) is 0. The lowest BCUT2D eigenvalue weighted by atomic mass is 10.3. The van der Waals surface area contributed by atoms with Gasteiger partial charge < -0.3 is 10.6 Å². The summed E-state index contributed by atoms with van der Waals surface area (Å²) < 4.78 is 0. The molecule has 98 valence electrons. The van der Waals surface area contributed by atoms with Crippen molar-refractivity contribution in [2.75, 3.05) is 17.2 Å². The van der Waals surface area contributed by atoms with Crippen molar-refractivity contribution in [3.8, 4) is 0 Å². The van der Waals surface area contributed by atoms with Gasteiger partial charge in [0.2, 0.25) is 5.91 Å². The van der Waals surface area contributed by atoms with E-state index in [0.29, 0.717) is 15.7 Å². The maximum Gasteiger partial charge on any atom is 0.243 e. The fourth-order valence-corrected chi connectivity index (χ4v) is 1.91. The standard InChI is InChI=1S/C14H12Cl2N2O/c15-11-7-4-8-12(14(11)16)17-9-13(19)18-10-5-2-1-3-6-10/h1-8,17H,9H2,(H,18,19). The predicted molar refractivity (Wildman–Crippen MR) is 80.0 cm³/mol. The molecule has 0 aliphatic rings. The van der Waals surface area contributed by atoms with E-state index < -0.39 is 0 Å². The molecule has 0 bridgehead atoms. The Kier molecular flexibility index (Phi) is 4.66. The number of para-hydroxylation sites is 1. The van der Waals surface area contributed by atoms with Crippen LogP contribution in [0, 0.1) is 0 Å². The van der Waals surface area contributed by atoms with Gasteiger partial charge in [-0.3, -0.25) is 4.79 Å². The SMILES string of the molecule is O=C(CNc1cccc(Cl)c1Cl)Nc1ccccc1. The number of carbonyl (C=O) groups excluding carboxylic acids is 1. The van der Waals surface area contributed by atoms with Crippen LogP contribution in [0.15, 0.2) is 48.5 Å². The molecule has 2 aromatic rings. The Bertz CT molecular complexity index is 573. The number of hydrogen-bond donors (Lipinski definition) is 2. The molecule has 0 spiro atoms. The zero-order valence-electron chi connectivity index (χ0n) is 9.99. The lowest BCUT2D eigenvalue weighted by Crippen LogP contribution is -2.21. The summed E-state index contributed by atoms with van der Waals surface area (Å²) in [6.45, 7) is 0.120. The van der Waals surface area contributed by atoms with Crippen LogP contribution in [0.3, 0.4) is 0 Å². The molecule has 0 unspecified atom stereocenters. The molecule has 0 heterocycles. The quantitative estimate of drug-likeness (QED) is 0.893. The normalized spacial score (nSPS) is 10.0. The highest BCUT2D eigenvalue weighted by Gasteiger charge is 2.06. The summed E-state index contributed by atoms with van der Waals surface area (Å²) in [6, 6.07) is 14.5. The van der Waals surface area contributed by atoms with E-state index in [-0.39, 0.29) is 12.5 Å². The van der Waals surface area contributed by atoms with Gasteiger partial charge in [0, 0.05) is 5.69 Å². The first-order chi connectivity index (χ1) is 9.16. The summed E-state index contributed by atoms with van der Waals surface area (Å²) in [4.78, 5) is 11.7. The smallest absolute Gasteiger partial charge is 0.243 e. The Hall–Kier alpha value is -1.71. The number of rotatable bonds is 4. The monoisotopic (exact) mass is 294 g/mol. The third-order valence-electron chi connectivity index (χ3n) is 2.45. The topological polar surface area (TPSA) is 41.1 Å². The number of hydrogen-bond acceptors (Lipinski definition) is 2. The third-order valence-corrected chi connectivity index (χ3v) is 3.27. The molecule has 0 fully saturated rings. The number of carbonyl (C=O) groups is 1. The minimum absolute atomic E-state index is 0.120. The Morgan fingerprint density at radius 3 is 2.47 bits per heavy atom. The molecule has 0 radical (unpaired) electrons. The number of nitrogens with one attached hydrogen (secondary N) is 2. The van der Waals surface area contributed by atoms with Crippen molar-refractivity contribution in [3.05, 3.63) is 58.6 Å². The van der Waals surface area contributed by atoms with Gasteiger partial charge in [0.05, 0.1) is 22.3 Å². The fourth-order valence-electron chi connectivity index (χ4n) is 1.54. The highest BCUT2D eigenvalue weighted by Crippen LogP contribution is 2.29. The van der Waals surface area contributed by atoms with Gasteiger partial charge in [-0.25, -0.2) is 0 Å². The Labute approximate surface area is 121 Å². The fraction of sp³-hybridized carbons (Fsp3) is 0.0714. The summed E-state index contributed by atoms with van der Waals surface area (Å²) in [5, 5.41) is 6.58. The van der Waals surface area contributed by atoms with Gasteiger partial charge in [0.15, 0.2) is 0 Å². The van der Waals surface area contributed by atoms with Crippen molar-refractivity contribution in [1.82, 2.24) is 0 Å². The number of halogens is 2. The molecule has 19 heavy (non-hydrogen) atoms. The van der Waals surface area contributed by atoms with Crippen molar-refractivity contribution in [2.24, 2.45) is 0 Å². The minimum atomic E-state index is -0.151. The van der Waals surface area contributed by atoms with E-state index in [1.54, 1.807) is 18.2 Å². The lowest BCUT2D eigenvalue weighted by Gasteiger charge is -2.09. The minimum Gasteiger partial charge on any atom is -0.375 e. The second kappa shape index (κ2) is 6.45. The van der Waals surface area contributed by atoms with E-state index in [4.69, 9.17) is 23.2 Å². The highest BCUT2D eigenvalue weighted by atomic mass is 35.5. The Balaban J connectivity index is 1.92.